The summed E-state index contributed by atoms with van der Waals surface area (Å²) in [7, 11) is 0. The van der Waals surface area contributed by atoms with Crippen molar-refractivity contribution in [1.29, 1.82) is 0 Å². The number of hydrogen-bond donors (Lipinski definition) is 4. The second kappa shape index (κ2) is 6.40. The van der Waals surface area contributed by atoms with E-state index in [1.54, 1.807) is 0 Å². The van der Waals surface area contributed by atoms with Crippen LogP contribution in [0.25, 0.3) is 0 Å². The SMILES string of the molecule is CC(C)(C)OCCNC(CO)(CO)CO. The van der Waals surface area contributed by atoms with Gasteiger partial charge in [-0.25, -0.2) is 0 Å². The summed E-state index contributed by atoms with van der Waals surface area (Å²) in [6.45, 7) is 5.85. The number of rotatable bonds is 7. The number of aliphatic hydroxyl groups excluding tert-OH is 3. The molecule has 0 aromatic heterocycles. The predicted octanol–water partition coefficient (Wildman–Crippen LogP) is -0.893. The van der Waals surface area contributed by atoms with Crippen LogP contribution < -0.4 is 5.32 Å². The molecule has 0 bridgehead atoms. The molecule has 0 aliphatic carbocycles. The number of aliphatic hydroxyl groups is 3. The van der Waals surface area contributed by atoms with Crippen LogP contribution in [-0.4, -0.2) is 59.4 Å². The fourth-order valence-corrected chi connectivity index (χ4v) is 0.991. The van der Waals surface area contributed by atoms with Crippen LogP contribution in [0.4, 0.5) is 0 Å². The highest BCUT2D eigenvalue weighted by Crippen LogP contribution is 2.06. The Morgan fingerprint density at radius 1 is 1.00 bits per heavy atom. The molecule has 0 aliphatic rings. The molecule has 0 spiro atoms. The van der Waals surface area contributed by atoms with Crippen molar-refractivity contribution < 1.29 is 20.1 Å². The molecule has 0 saturated carbocycles. The first-order valence-electron chi connectivity index (χ1n) is 5.11. The largest absolute Gasteiger partial charge is 0.394 e. The molecule has 5 nitrogen and oxygen atoms in total. The van der Waals surface area contributed by atoms with Gasteiger partial charge in [-0.3, -0.25) is 0 Å². The van der Waals surface area contributed by atoms with E-state index in [2.05, 4.69) is 5.32 Å². The Balaban J connectivity index is 3.82. The van der Waals surface area contributed by atoms with Crippen LogP contribution in [-0.2, 0) is 4.74 Å². The van der Waals surface area contributed by atoms with Gasteiger partial charge in [-0.1, -0.05) is 0 Å². The smallest absolute Gasteiger partial charge is 0.0882 e. The average molecular weight is 221 g/mol. The van der Waals surface area contributed by atoms with Crippen LogP contribution in [0.5, 0.6) is 0 Å². The monoisotopic (exact) mass is 221 g/mol. The Hall–Kier alpha value is -0.200. The van der Waals surface area contributed by atoms with Crippen molar-refractivity contribution in [1.82, 2.24) is 5.32 Å². The molecular formula is C10H23NO4. The number of nitrogens with one attached hydrogen (secondary N) is 1. The molecule has 4 N–H and O–H groups in total. The lowest BCUT2D eigenvalue weighted by atomic mass is 10.0. The maximum absolute atomic E-state index is 9.01. The van der Waals surface area contributed by atoms with Gasteiger partial charge in [0.25, 0.3) is 0 Å². The molecular weight excluding hydrogens is 198 g/mol. The van der Waals surface area contributed by atoms with Crippen molar-refractivity contribution in [3.63, 3.8) is 0 Å². The van der Waals surface area contributed by atoms with Gasteiger partial charge in [0.15, 0.2) is 0 Å². The van der Waals surface area contributed by atoms with Gasteiger partial charge in [-0.2, -0.15) is 0 Å². The van der Waals surface area contributed by atoms with Crippen molar-refractivity contribution in [2.45, 2.75) is 31.9 Å². The summed E-state index contributed by atoms with van der Waals surface area (Å²) in [6, 6.07) is 0. The van der Waals surface area contributed by atoms with E-state index in [9.17, 15) is 0 Å². The molecule has 0 radical (unpaired) electrons. The summed E-state index contributed by atoms with van der Waals surface area (Å²) in [4.78, 5) is 0. The van der Waals surface area contributed by atoms with E-state index in [-0.39, 0.29) is 25.4 Å². The third-order valence-electron chi connectivity index (χ3n) is 2.05. The molecule has 92 valence electrons. The highest BCUT2D eigenvalue weighted by molar-refractivity contribution is 4.85. The van der Waals surface area contributed by atoms with Crippen molar-refractivity contribution >= 4 is 0 Å². The summed E-state index contributed by atoms with van der Waals surface area (Å²) < 4.78 is 5.45. The van der Waals surface area contributed by atoms with E-state index >= 15 is 0 Å². The lowest BCUT2D eigenvalue weighted by Crippen LogP contribution is -2.55. The number of hydrogen-bond acceptors (Lipinski definition) is 5. The average Bonchev–Trinajstić information content (AvgIpc) is 2.18. The molecule has 15 heavy (non-hydrogen) atoms. The summed E-state index contributed by atoms with van der Waals surface area (Å²) in [5.74, 6) is 0. The first-order valence-corrected chi connectivity index (χ1v) is 5.11. The highest BCUT2D eigenvalue weighted by Gasteiger charge is 2.26. The van der Waals surface area contributed by atoms with E-state index in [1.165, 1.54) is 0 Å². The van der Waals surface area contributed by atoms with Gasteiger partial charge in [-0.05, 0) is 20.8 Å². The topological polar surface area (TPSA) is 82.0 Å². The molecule has 0 aliphatic heterocycles. The van der Waals surface area contributed by atoms with Crippen LogP contribution in [0.15, 0.2) is 0 Å². The van der Waals surface area contributed by atoms with Crippen molar-refractivity contribution in [3.05, 3.63) is 0 Å². The Morgan fingerprint density at radius 3 is 1.80 bits per heavy atom. The van der Waals surface area contributed by atoms with E-state index in [4.69, 9.17) is 20.1 Å². The molecule has 0 heterocycles. The fourth-order valence-electron chi connectivity index (χ4n) is 0.991. The molecule has 0 amide bonds. The molecule has 5 heteroatoms. The quantitative estimate of drug-likeness (QED) is 0.419. The summed E-state index contributed by atoms with van der Waals surface area (Å²) in [6.07, 6.45) is 0. The zero-order valence-electron chi connectivity index (χ0n) is 9.79. The summed E-state index contributed by atoms with van der Waals surface area (Å²) >= 11 is 0. The van der Waals surface area contributed by atoms with Gasteiger partial charge in [0.05, 0.1) is 37.6 Å². The molecule has 0 fully saturated rings. The van der Waals surface area contributed by atoms with Gasteiger partial charge in [0.1, 0.15) is 0 Å². The summed E-state index contributed by atoms with van der Waals surface area (Å²) in [5, 5.41) is 29.9. The van der Waals surface area contributed by atoms with E-state index in [1.807, 2.05) is 20.8 Å². The van der Waals surface area contributed by atoms with Gasteiger partial charge in [-0.15, -0.1) is 0 Å². The van der Waals surface area contributed by atoms with Crippen LogP contribution in [0.3, 0.4) is 0 Å². The minimum Gasteiger partial charge on any atom is -0.394 e. The second-order valence-corrected chi connectivity index (χ2v) is 4.64. The van der Waals surface area contributed by atoms with Crippen LogP contribution in [0.1, 0.15) is 20.8 Å². The van der Waals surface area contributed by atoms with Crippen molar-refractivity contribution in [3.8, 4) is 0 Å². The highest BCUT2D eigenvalue weighted by atomic mass is 16.5. The fraction of sp³-hybridized carbons (Fsp3) is 1.00. The second-order valence-electron chi connectivity index (χ2n) is 4.64. The first kappa shape index (κ1) is 14.8. The zero-order chi connectivity index (χ0) is 11.9. The maximum Gasteiger partial charge on any atom is 0.0882 e. The summed E-state index contributed by atoms with van der Waals surface area (Å²) in [5.41, 5.74) is -1.22. The Bertz CT molecular complexity index is 155. The maximum atomic E-state index is 9.01. The first-order chi connectivity index (χ1) is 6.89. The molecule has 0 saturated heterocycles. The normalized spacial score (nSPS) is 13.2. The third kappa shape index (κ3) is 6.06. The molecule has 0 aromatic carbocycles. The molecule has 0 atom stereocenters. The lowest BCUT2D eigenvalue weighted by molar-refractivity contribution is -0.0124. The van der Waals surface area contributed by atoms with Crippen molar-refractivity contribution in [2.75, 3.05) is 33.0 Å². The van der Waals surface area contributed by atoms with Gasteiger partial charge in [0, 0.05) is 6.54 Å². The van der Waals surface area contributed by atoms with Crippen LogP contribution in [0, 0.1) is 0 Å². The zero-order valence-corrected chi connectivity index (χ0v) is 9.79. The Kier molecular flexibility index (Phi) is 6.31. The minimum atomic E-state index is -1.01. The van der Waals surface area contributed by atoms with Crippen molar-refractivity contribution in [2.24, 2.45) is 0 Å². The Labute approximate surface area is 91.1 Å². The standard InChI is InChI=1S/C10H23NO4/c1-9(2,3)15-5-4-11-10(6-12,7-13)8-14/h11-14H,4-8H2,1-3H3. The molecule has 0 aromatic rings. The van der Waals surface area contributed by atoms with Crippen LogP contribution in [0.2, 0.25) is 0 Å². The van der Waals surface area contributed by atoms with E-state index in [0.29, 0.717) is 13.2 Å². The van der Waals surface area contributed by atoms with Gasteiger partial charge in [0.2, 0.25) is 0 Å². The van der Waals surface area contributed by atoms with E-state index in [0.717, 1.165) is 0 Å². The lowest BCUT2D eigenvalue weighted by Gasteiger charge is -2.29. The van der Waals surface area contributed by atoms with Gasteiger partial charge < -0.3 is 25.4 Å². The number of ether oxygens (including phenoxy) is 1. The Morgan fingerprint density at radius 2 is 1.47 bits per heavy atom. The van der Waals surface area contributed by atoms with Crippen LogP contribution >= 0.6 is 0 Å². The minimum absolute atomic E-state index is 0.206. The van der Waals surface area contributed by atoms with Gasteiger partial charge >= 0.3 is 0 Å². The third-order valence-corrected chi connectivity index (χ3v) is 2.05. The van der Waals surface area contributed by atoms with E-state index < -0.39 is 5.54 Å². The molecule has 0 rings (SSSR count). The predicted molar refractivity (Wildman–Crippen MR) is 57.7 cm³/mol. The molecule has 0 unspecified atom stereocenters.